The normalized spacial score (nSPS) is 11.4. The van der Waals surface area contributed by atoms with Gasteiger partial charge in [0.1, 0.15) is 0 Å². The fourth-order valence-corrected chi connectivity index (χ4v) is 5.66. The van der Waals surface area contributed by atoms with Gasteiger partial charge >= 0.3 is 0 Å². The third-order valence-electron chi connectivity index (χ3n) is 2.93. The SMILES string of the molecule is Cp1c2cc(I)ccc2c2ccc(I)cc21. The van der Waals surface area contributed by atoms with E-state index in [4.69, 9.17) is 0 Å². The van der Waals surface area contributed by atoms with Gasteiger partial charge in [-0.1, -0.05) is 12.1 Å². The first-order valence-corrected chi connectivity index (χ1v) is 8.94. The van der Waals surface area contributed by atoms with Crippen molar-refractivity contribution in [2.24, 2.45) is 6.66 Å². The fraction of sp³-hybridized carbons (Fsp3) is 0.0769. The maximum Gasteiger partial charge on any atom is 0.0140 e. The van der Waals surface area contributed by atoms with Gasteiger partial charge in [0.15, 0.2) is 0 Å². The summed E-state index contributed by atoms with van der Waals surface area (Å²) in [5.74, 6) is 0. The predicted molar refractivity (Wildman–Crippen MR) is 90.6 cm³/mol. The third kappa shape index (κ3) is 1.70. The average molecular weight is 450 g/mol. The minimum Gasteiger partial charge on any atom is -0.112 e. The van der Waals surface area contributed by atoms with Crippen molar-refractivity contribution in [1.82, 2.24) is 0 Å². The maximum atomic E-state index is 2.40. The zero-order valence-corrected chi connectivity index (χ0v) is 13.9. The van der Waals surface area contributed by atoms with Gasteiger partial charge in [0.05, 0.1) is 0 Å². The Kier molecular flexibility index (Phi) is 2.93. The smallest absolute Gasteiger partial charge is 0.0140 e. The van der Waals surface area contributed by atoms with Crippen LogP contribution in [0.4, 0.5) is 0 Å². The minimum absolute atomic E-state index is 0.139. The number of benzene rings is 2. The van der Waals surface area contributed by atoms with E-state index in [1.54, 1.807) is 10.2 Å². The molecule has 0 N–H and O–H groups in total. The Hall–Kier alpha value is 0.200. The first-order chi connectivity index (χ1) is 7.66. The molecule has 3 heteroatoms. The van der Waals surface area contributed by atoms with Crippen LogP contribution in [0.25, 0.3) is 21.0 Å². The van der Waals surface area contributed by atoms with Crippen LogP contribution >= 0.6 is 52.7 Å². The largest absolute Gasteiger partial charge is 0.112 e. The van der Waals surface area contributed by atoms with E-state index in [1.807, 2.05) is 0 Å². The van der Waals surface area contributed by atoms with Crippen molar-refractivity contribution in [3.05, 3.63) is 43.5 Å². The molecular weight excluding hydrogens is 441 g/mol. The van der Waals surface area contributed by atoms with E-state index >= 15 is 0 Å². The summed E-state index contributed by atoms with van der Waals surface area (Å²) in [5.41, 5.74) is 0. The number of hydrogen-bond acceptors (Lipinski definition) is 0. The summed E-state index contributed by atoms with van der Waals surface area (Å²) in [6.07, 6.45) is 0. The number of fused-ring (bicyclic) bond motifs is 3. The molecule has 0 fully saturated rings. The summed E-state index contributed by atoms with van der Waals surface area (Å²) < 4.78 is 2.68. The molecule has 16 heavy (non-hydrogen) atoms. The van der Waals surface area contributed by atoms with E-state index in [1.165, 1.54) is 17.9 Å². The molecule has 0 nitrogen and oxygen atoms in total. The van der Waals surface area contributed by atoms with Crippen LogP contribution in [0, 0.1) is 7.14 Å². The zero-order chi connectivity index (χ0) is 11.3. The van der Waals surface area contributed by atoms with Crippen molar-refractivity contribution < 1.29 is 0 Å². The zero-order valence-electron chi connectivity index (χ0n) is 8.67. The highest BCUT2D eigenvalue weighted by Gasteiger charge is 2.08. The van der Waals surface area contributed by atoms with Gasteiger partial charge in [-0.05, 0) is 86.9 Å². The molecule has 1 heterocycles. The van der Waals surface area contributed by atoms with Crippen LogP contribution in [0.2, 0.25) is 0 Å². The summed E-state index contributed by atoms with van der Waals surface area (Å²) in [6.45, 7) is 2.37. The summed E-state index contributed by atoms with van der Waals surface area (Å²) in [4.78, 5) is 0. The van der Waals surface area contributed by atoms with Crippen molar-refractivity contribution in [2.45, 2.75) is 0 Å². The molecule has 2 aromatic carbocycles. The summed E-state index contributed by atoms with van der Waals surface area (Å²) in [5, 5.41) is 5.97. The Bertz CT molecular complexity index is 639. The lowest BCUT2D eigenvalue weighted by Gasteiger charge is -1.94. The molecular formula is C13H9I2P. The Balaban J connectivity index is 2.59. The van der Waals surface area contributed by atoms with E-state index in [-0.39, 0.29) is 7.53 Å². The van der Waals surface area contributed by atoms with Gasteiger partial charge < -0.3 is 0 Å². The first kappa shape index (κ1) is 11.3. The Morgan fingerprint density at radius 1 is 0.812 bits per heavy atom. The average Bonchev–Trinajstić information content (AvgIpc) is 2.53. The molecule has 1 aromatic heterocycles. The summed E-state index contributed by atoms with van der Waals surface area (Å²) in [6, 6.07) is 13.6. The highest BCUT2D eigenvalue weighted by Crippen LogP contribution is 2.47. The van der Waals surface area contributed by atoms with Gasteiger partial charge in [0, 0.05) is 17.4 Å². The second kappa shape index (κ2) is 4.14. The third-order valence-corrected chi connectivity index (χ3v) is 6.46. The molecule has 0 radical (unpaired) electrons. The van der Waals surface area contributed by atoms with Crippen LogP contribution in [-0.4, -0.2) is 0 Å². The van der Waals surface area contributed by atoms with E-state index in [9.17, 15) is 0 Å². The van der Waals surface area contributed by atoms with E-state index in [0.717, 1.165) is 0 Å². The van der Waals surface area contributed by atoms with Crippen molar-refractivity contribution in [3.8, 4) is 0 Å². The van der Waals surface area contributed by atoms with Gasteiger partial charge in [-0.25, -0.2) is 0 Å². The molecule has 0 aliphatic heterocycles. The second-order valence-electron chi connectivity index (χ2n) is 3.88. The molecule has 0 saturated carbocycles. The van der Waals surface area contributed by atoms with Crippen molar-refractivity contribution in [2.75, 3.05) is 0 Å². The molecule has 3 rings (SSSR count). The van der Waals surface area contributed by atoms with Crippen molar-refractivity contribution >= 4 is 73.7 Å². The van der Waals surface area contributed by atoms with E-state index in [2.05, 4.69) is 88.2 Å². The van der Waals surface area contributed by atoms with E-state index in [0.29, 0.717) is 0 Å². The maximum absolute atomic E-state index is 2.40. The van der Waals surface area contributed by atoms with Gasteiger partial charge in [0.25, 0.3) is 0 Å². The molecule has 0 unspecified atom stereocenters. The molecule has 0 amide bonds. The van der Waals surface area contributed by atoms with Crippen LogP contribution in [0.1, 0.15) is 0 Å². The summed E-state index contributed by atoms with van der Waals surface area (Å²) in [7, 11) is -0.139. The second-order valence-corrected chi connectivity index (χ2v) is 8.45. The number of halogens is 2. The molecule has 0 bridgehead atoms. The Morgan fingerprint density at radius 3 is 1.69 bits per heavy atom. The van der Waals surface area contributed by atoms with E-state index < -0.39 is 0 Å². The molecule has 0 aliphatic carbocycles. The van der Waals surface area contributed by atoms with Crippen LogP contribution < -0.4 is 0 Å². The Morgan fingerprint density at radius 2 is 1.25 bits per heavy atom. The first-order valence-electron chi connectivity index (χ1n) is 5.00. The van der Waals surface area contributed by atoms with Gasteiger partial charge in [-0.2, -0.15) is 0 Å². The topological polar surface area (TPSA) is 0 Å². The monoisotopic (exact) mass is 450 g/mol. The standard InChI is InChI=1S/C13H9I2P/c1-16-12-6-8(14)2-4-10(12)11-5-3-9(15)7-13(11)16/h2-7H,1H3. The number of hydrogen-bond donors (Lipinski definition) is 0. The quantitative estimate of drug-likeness (QED) is 0.385. The Labute approximate surface area is 123 Å². The lowest BCUT2D eigenvalue weighted by Crippen LogP contribution is -1.70. The van der Waals surface area contributed by atoms with Gasteiger partial charge in [0.2, 0.25) is 0 Å². The lowest BCUT2D eigenvalue weighted by molar-refractivity contribution is 1.75. The van der Waals surface area contributed by atoms with Gasteiger partial charge in [-0.15, -0.1) is 7.53 Å². The van der Waals surface area contributed by atoms with Crippen LogP contribution in [0.15, 0.2) is 36.4 Å². The van der Waals surface area contributed by atoms with Crippen molar-refractivity contribution in [3.63, 3.8) is 0 Å². The van der Waals surface area contributed by atoms with Crippen LogP contribution in [-0.2, 0) is 6.66 Å². The molecule has 0 saturated heterocycles. The lowest BCUT2D eigenvalue weighted by atomic mass is 10.2. The minimum atomic E-state index is -0.139. The molecule has 0 aliphatic rings. The van der Waals surface area contributed by atoms with Crippen LogP contribution in [0.5, 0.6) is 0 Å². The van der Waals surface area contributed by atoms with Crippen LogP contribution in [0.3, 0.4) is 0 Å². The number of aryl methyl sites for hydroxylation is 1. The molecule has 0 atom stereocenters. The molecule has 3 aromatic rings. The van der Waals surface area contributed by atoms with Gasteiger partial charge in [-0.3, -0.25) is 0 Å². The molecule has 0 spiro atoms. The highest BCUT2D eigenvalue weighted by atomic mass is 127. The molecule has 80 valence electrons. The number of rotatable bonds is 0. The summed E-state index contributed by atoms with van der Waals surface area (Å²) >= 11 is 4.80. The highest BCUT2D eigenvalue weighted by molar-refractivity contribution is 14.1. The fourth-order valence-electron chi connectivity index (χ4n) is 2.15. The predicted octanol–water partition coefficient (Wildman–Crippen LogP) is 5.73. The van der Waals surface area contributed by atoms with Crippen molar-refractivity contribution in [1.29, 1.82) is 0 Å².